The summed E-state index contributed by atoms with van der Waals surface area (Å²) in [5, 5.41) is 9.18. The Morgan fingerprint density at radius 2 is 1.95 bits per heavy atom. The average molecular weight is 320 g/mol. The van der Waals surface area contributed by atoms with Crippen LogP contribution in [0.1, 0.15) is 27.9 Å². The molecule has 0 saturated carbocycles. The highest BCUT2D eigenvalue weighted by atomic mass is 35.5. The van der Waals surface area contributed by atoms with Gasteiger partial charge < -0.3 is 9.67 Å². The van der Waals surface area contributed by atoms with Gasteiger partial charge in [-0.15, -0.1) is 0 Å². The molecule has 0 unspecified atom stereocenters. The van der Waals surface area contributed by atoms with E-state index in [1.165, 1.54) is 0 Å². The molecule has 1 aromatic carbocycles. The van der Waals surface area contributed by atoms with Crippen molar-refractivity contribution in [3.8, 4) is 0 Å². The minimum absolute atomic E-state index is 0.358. The summed E-state index contributed by atoms with van der Waals surface area (Å²) in [4.78, 5) is 33.6. The first kappa shape index (κ1) is 16.0. The first-order chi connectivity index (χ1) is 10.4. The predicted molar refractivity (Wildman–Crippen MR) is 81.3 cm³/mol. The second-order valence-corrected chi connectivity index (χ2v) is 5.42. The van der Waals surface area contributed by atoms with Crippen molar-refractivity contribution in [2.45, 2.75) is 19.9 Å². The lowest BCUT2D eigenvalue weighted by atomic mass is 10.1. The maximum absolute atomic E-state index is 12.0. The number of hydrogen-bond acceptors (Lipinski definition) is 3. The molecule has 1 N–H and O–H groups in total. The quantitative estimate of drug-likeness (QED) is 0.504. The molecule has 0 aliphatic heterocycles. The Labute approximate surface area is 132 Å². The van der Waals surface area contributed by atoms with Crippen LogP contribution in [0, 0.1) is 6.92 Å². The van der Waals surface area contributed by atoms with Crippen molar-refractivity contribution in [2.24, 2.45) is 0 Å². The summed E-state index contributed by atoms with van der Waals surface area (Å²) < 4.78 is 1.81. The lowest BCUT2D eigenvalue weighted by Crippen LogP contribution is -2.17. The van der Waals surface area contributed by atoms with Gasteiger partial charge in [0, 0.05) is 29.5 Å². The molecule has 0 bridgehead atoms. The SMILES string of the molecule is Cc1cn(Cc2cccc(Cl)c2)cc1C(=O)CC(=O)C(=O)O. The molecule has 1 aromatic heterocycles. The van der Waals surface area contributed by atoms with Gasteiger partial charge in [-0.05, 0) is 30.2 Å². The van der Waals surface area contributed by atoms with E-state index in [0.29, 0.717) is 22.7 Å². The molecule has 1 heterocycles. The van der Waals surface area contributed by atoms with Crippen molar-refractivity contribution in [2.75, 3.05) is 0 Å². The number of Topliss-reactive ketones (excluding diaryl/α,β-unsaturated/α-hetero) is 2. The Morgan fingerprint density at radius 1 is 1.23 bits per heavy atom. The predicted octanol–water partition coefficient (Wildman–Crippen LogP) is 2.72. The molecular weight excluding hydrogens is 306 g/mol. The Morgan fingerprint density at radius 3 is 2.59 bits per heavy atom. The summed E-state index contributed by atoms with van der Waals surface area (Å²) in [6, 6.07) is 7.35. The third-order valence-electron chi connectivity index (χ3n) is 3.19. The van der Waals surface area contributed by atoms with E-state index in [-0.39, 0.29) is 0 Å². The minimum Gasteiger partial charge on any atom is -0.475 e. The molecule has 2 rings (SSSR count). The van der Waals surface area contributed by atoms with Gasteiger partial charge in [0.05, 0.1) is 6.42 Å². The average Bonchev–Trinajstić information content (AvgIpc) is 2.79. The second-order valence-electron chi connectivity index (χ2n) is 4.99. The third kappa shape index (κ3) is 3.83. The Balaban J connectivity index is 2.16. The summed E-state index contributed by atoms with van der Waals surface area (Å²) in [6.45, 7) is 2.27. The Hall–Kier alpha value is -2.40. The number of carboxylic acid groups (broad SMARTS) is 1. The highest BCUT2D eigenvalue weighted by Gasteiger charge is 2.20. The summed E-state index contributed by atoms with van der Waals surface area (Å²) in [5.41, 5.74) is 2.03. The fraction of sp³-hybridized carbons (Fsp3) is 0.188. The van der Waals surface area contributed by atoms with Gasteiger partial charge in [0.25, 0.3) is 0 Å². The van der Waals surface area contributed by atoms with E-state index >= 15 is 0 Å². The van der Waals surface area contributed by atoms with Gasteiger partial charge in [-0.2, -0.15) is 0 Å². The fourth-order valence-corrected chi connectivity index (χ4v) is 2.38. The zero-order chi connectivity index (χ0) is 16.3. The molecule has 0 saturated heterocycles. The molecule has 0 amide bonds. The number of ketones is 2. The summed E-state index contributed by atoms with van der Waals surface area (Å²) in [5.74, 6) is -3.19. The van der Waals surface area contributed by atoms with E-state index in [1.54, 1.807) is 30.0 Å². The van der Waals surface area contributed by atoms with Crippen molar-refractivity contribution in [1.29, 1.82) is 0 Å². The summed E-state index contributed by atoms with van der Waals surface area (Å²) >= 11 is 5.93. The monoisotopic (exact) mass is 319 g/mol. The third-order valence-corrected chi connectivity index (χ3v) is 3.43. The summed E-state index contributed by atoms with van der Waals surface area (Å²) in [6.07, 6.45) is 2.77. The molecule has 0 spiro atoms. The van der Waals surface area contributed by atoms with Crippen LogP contribution in [0.25, 0.3) is 0 Å². The van der Waals surface area contributed by atoms with Crippen molar-refractivity contribution in [3.05, 3.63) is 58.4 Å². The Kier molecular flexibility index (Phi) is 4.78. The number of nitrogens with zero attached hydrogens (tertiary/aromatic N) is 1. The van der Waals surface area contributed by atoms with Crippen molar-refractivity contribution in [3.63, 3.8) is 0 Å². The van der Waals surface area contributed by atoms with Gasteiger partial charge in [-0.3, -0.25) is 9.59 Å². The number of halogens is 1. The number of carbonyl (C=O) groups is 3. The van der Waals surface area contributed by atoms with E-state index in [4.69, 9.17) is 16.7 Å². The molecule has 6 heteroatoms. The van der Waals surface area contributed by atoms with Crippen LogP contribution >= 0.6 is 11.6 Å². The molecule has 0 atom stereocenters. The molecular formula is C16H14ClNO4. The number of carbonyl (C=O) groups excluding carboxylic acids is 2. The largest absolute Gasteiger partial charge is 0.475 e. The smallest absolute Gasteiger partial charge is 0.372 e. The normalized spacial score (nSPS) is 10.5. The number of benzene rings is 1. The lowest BCUT2D eigenvalue weighted by molar-refractivity contribution is -0.148. The number of aliphatic carboxylic acids is 1. The highest BCUT2D eigenvalue weighted by Crippen LogP contribution is 2.16. The van der Waals surface area contributed by atoms with Crippen LogP contribution in [0.15, 0.2) is 36.7 Å². The van der Waals surface area contributed by atoms with Gasteiger partial charge in [0.15, 0.2) is 5.78 Å². The van der Waals surface area contributed by atoms with Gasteiger partial charge in [-0.1, -0.05) is 23.7 Å². The molecule has 114 valence electrons. The van der Waals surface area contributed by atoms with E-state index < -0.39 is 24.0 Å². The number of rotatable bonds is 6. The van der Waals surface area contributed by atoms with Crippen molar-refractivity contribution in [1.82, 2.24) is 4.57 Å². The van der Waals surface area contributed by atoms with E-state index in [0.717, 1.165) is 5.56 Å². The molecule has 22 heavy (non-hydrogen) atoms. The van der Waals surface area contributed by atoms with Crippen LogP contribution in [0.2, 0.25) is 5.02 Å². The van der Waals surface area contributed by atoms with E-state index in [2.05, 4.69) is 0 Å². The fourth-order valence-electron chi connectivity index (χ4n) is 2.17. The maximum Gasteiger partial charge on any atom is 0.372 e. The van der Waals surface area contributed by atoms with Crippen molar-refractivity contribution >= 4 is 29.1 Å². The molecule has 2 aromatic rings. The molecule has 0 fully saturated rings. The van der Waals surface area contributed by atoms with Gasteiger partial charge in [0.2, 0.25) is 5.78 Å². The van der Waals surface area contributed by atoms with Crippen molar-refractivity contribution < 1.29 is 19.5 Å². The Bertz CT molecular complexity index is 748. The first-order valence-corrected chi connectivity index (χ1v) is 6.94. The number of aryl methyl sites for hydroxylation is 1. The number of hydrogen-bond donors (Lipinski definition) is 1. The molecule has 0 aliphatic carbocycles. The van der Waals surface area contributed by atoms with Crippen LogP contribution in [-0.4, -0.2) is 27.2 Å². The standard InChI is InChI=1S/C16H14ClNO4/c1-10-7-18(8-11-3-2-4-12(17)5-11)9-13(10)14(19)6-15(20)16(21)22/h2-5,7,9H,6,8H2,1H3,(H,21,22). The summed E-state index contributed by atoms with van der Waals surface area (Å²) in [7, 11) is 0. The number of carboxylic acids is 1. The molecule has 0 aliphatic rings. The van der Waals surface area contributed by atoms with Gasteiger partial charge in [-0.25, -0.2) is 4.79 Å². The van der Waals surface area contributed by atoms with Crippen LogP contribution in [-0.2, 0) is 16.1 Å². The van der Waals surface area contributed by atoms with E-state index in [1.807, 2.05) is 18.2 Å². The van der Waals surface area contributed by atoms with Gasteiger partial charge in [0.1, 0.15) is 0 Å². The van der Waals surface area contributed by atoms with E-state index in [9.17, 15) is 14.4 Å². The van der Waals surface area contributed by atoms with Crippen LogP contribution < -0.4 is 0 Å². The maximum atomic E-state index is 12.0. The van der Waals surface area contributed by atoms with Crippen LogP contribution in [0.3, 0.4) is 0 Å². The molecule has 5 nitrogen and oxygen atoms in total. The second kappa shape index (κ2) is 6.58. The topological polar surface area (TPSA) is 76.4 Å². The number of aromatic nitrogens is 1. The molecule has 0 radical (unpaired) electrons. The van der Waals surface area contributed by atoms with Gasteiger partial charge >= 0.3 is 5.97 Å². The van der Waals surface area contributed by atoms with Crippen LogP contribution in [0.5, 0.6) is 0 Å². The van der Waals surface area contributed by atoms with Crippen LogP contribution in [0.4, 0.5) is 0 Å². The zero-order valence-corrected chi connectivity index (χ0v) is 12.6. The lowest BCUT2D eigenvalue weighted by Gasteiger charge is -2.03. The minimum atomic E-state index is -1.59. The first-order valence-electron chi connectivity index (χ1n) is 6.57. The zero-order valence-electron chi connectivity index (χ0n) is 11.9. The highest BCUT2D eigenvalue weighted by molar-refractivity contribution is 6.37.